The predicted octanol–water partition coefficient (Wildman–Crippen LogP) is 3.59. The maximum absolute atomic E-state index is 12.8. The van der Waals surface area contributed by atoms with Gasteiger partial charge in [0.1, 0.15) is 11.6 Å². The van der Waals surface area contributed by atoms with Crippen molar-refractivity contribution in [1.82, 2.24) is 24.6 Å². The summed E-state index contributed by atoms with van der Waals surface area (Å²) in [6.07, 6.45) is 8.16. The fourth-order valence-corrected chi connectivity index (χ4v) is 4.94. The minimum atomic E-state index is 0.0508. The zero-order valence-electron chi connectivity index (χ0n) is 20.5. The molecule has 1 amide bonds. The van der Waals surface area contributed by atoms with E-state index in [2.05, 4.69) is 85.4 Å². The molecule has 2 aromatic carbocycles. The molecule has 1 N–H and O–H groups in total. The van der Waals surface area contributed by atoms with Gasteiger partial charge in [-0.15, -0.1) is 10.2 Å². The van der Waals surface area contributed by atoms with Crippen LogP contribution in [0.4, 0.5) is 5.69 Å². The van der Waals surface area contributed by atoms with Gasteiger partial charge in [-0.25, -0.2) is 0 Å². The van der Waals surface area contributed by atoms with E-state index in [-0.39, 0.29) is 5.91 Å². The molecule has 1 aromatic heterocycles. The number of benzene rings is 2. The number of amides is 1. The van der Waals surface area contributed by atoms with E-state index in [4.69, 9.17) is 0 Å². The number of hydrogen-bond acceptors (Lipinski definition) is 5. The molecule has 0 saturated carbocycles. The van der Waals surface area contributed by atoms with E-state index in [1.165, 1.54) is 11.1 Å². The van der Waals surface area contributed by atoms with Crippen molar-refractivity contribution in [3.63, 3.8) is 0 Å². The van der Waals surface area contributed by atoms with Gasteiger partial charge in [0.2, 0.25) is 5.91 Å². The molecule has 182 valence electrons. The lowest BCUT2D eigenvalue weighted by Crippen LogP contribution is -2.48. The van der Waals surface area contributed by atoms with Gasteiger partial charge in [0.15, 0.2) is 0 Å². The van der Waals surface area contributed by atoms with Crippen LogP contribution in [0.5, 0.6) is 0 Å². The van der Waals surface area contributed by atoms with Crippen LogP contribution in [0.3, 0.4) is 0 Å². The van der Waals surface area contributed by atoms with E-state index < -0.39 is 0 Å². The monoisotopic (exact) mass is 470 g/mol. The highest BCUT2D eigenvalue weighted by atomic mass is 16.2. The Kier molecular flexibility index (Phi) is 7.35. The molecule has 0 atom stereocenters. The summed E-state index contributed by atoms with van der Waals surface area (Å²) in [5.74, 6) is 2.11. The first-order valence-corrected chi connectivity index (χ1v) is 12.7. The molecule has 7 nitrogen and oxygen atoms in total. The summed E-state index contributed by atoms with van der Waals surface area (Å²) in [6.45, 7) is 7.31. The molecule has 3 heterocycles. The molecule has 35 heavy (non-hydrogen) atoms. The number of nitrogens with zero attached hydrogens (tertiary/aromatic N) is 5. The Morgan fingerprint density at radius 2 is 1.80 bits per heavy atom. The van der Waals surface area contributed by atoms with E-state index in [0.717, 1.165) is 81.4 Å². The minimum Gasteiger partial charge on any atom is -0.325 e. The second-order valence-corrected chi connectivity index (χ2v) is 9.40. The maximum atomic E-state index is 12.8. The van der Waals surface area contributed by atoms with Crippen molar-refractivity contribution in [3.05, 3.63) is 77.4 Å². The number of anilines is 1. The number of aryl methyl sites for hydroxylation is 3. The van der Waals surface area contributed by atoms with Gasteiger partial charge in [-0.2, -0.15) is 0 Å². The molecule has 0 spiro atoms. The predicted molar refractivity (Wildman–Crippen MR) is 140 cm³/mol. The molecule has 2 aliphatic heterocycles. The lowest BCUT2D eigenvalue weighted by Gasteiger charge is -2.33. The maximum Gasteiger partial charge on any atom is 0.238 e. The van der Waals surface area contributed by atoms with Gasteiger partial charge in [0, 0.05) is 51.3 Å². The van der Waals surface area contributed by atoms with Crippen LogP contribution in [-0.2, 0) is 24.1 Å². The molecule has 3 aromatic rings. The van der Waals surface area contributed by atoms with Crippen LogP contribution < -0.4 is 5.32 Å². The Labute approximate surface area is 207 Å². The molecule has 2 aliphatic rings. The van der Waals surface area contributed by atoms with Crippen LogP contribution in [0.25, 0.3) is 11.8 Å². The average molecular weight is 471 g/mol. The number of fused-ring (bicyclic) bond motifs is 3. The molecule has 0 aliphatic carbocycles. The third-order valence-electron chi connectivity index (χ3n) is 6.80. The van der Waals surface area contributed by atoms with E-state index in [1.807, 2.05) is 12.1 Å². The van der Waals surface area contributed by atoms with Crippen LogP contribution in [0, 0.1) is 0 Å². The van der Waals surface area contributed by atoms with Crippen molar-refractivity contribution in [1.29, 1.82) is 0 Å². The Bertz CT molecular complexity index is 1180. The minimum absolute atomic E-state index is 0.0508. The molecule has 0 radical (unpaired) electrons. The lowest BCUT2D eigenvalue weighted by atomic mass is 10.0. The molecule has 0 unspecified atom stereocenters. The Morgan fingerprint density at radius 3 is 2.60 bits per heavy atom. The summed E-state index contributed by atoms with van der Waals surface area (Å²) in [7, 11) is 0. The largest absolute Gasteiger partial charge is 0.325 e. The molecular formula is C28H34N6O. The van der Waals surface area contributed by atoms with Crippen molar-refractivity contribution in [2.45, 2.75) is 32.6 Å². The van der Waals surface area contributed by atoms with Crippen molar-refractivity contribution < 1.29 is 4.79 Å². The number of nitrogens with one attached hydrogen (secondary N) is 1. The zero-order valence-corrected chi connectivity index (χ0v) is 20.5. The van der Waals surface area contributed by atoms with E-state index in [1.54, 1.807) is 0 Å². The smallest absolute Gasteiger partial charge is 0.238 e. The zero-order chi connectivity index (χ0) is 24.0. The first-order valence-electron chi connectivity index (χ1n) is 12.7. The van der Waals surface area contributed by atoms with Crippen LogP contribution in [0.2, 0.25) is 0 Å². The summed E-state index contributed by atoms with van der Waals surface area (Å²) in [6, 6.07) is 16.6. The lowest BCUT2D eigenvalue weighted by molar-refractivity contribution is -0.117. The average Bonchev–Trinajstić information content (AvgIpc) is 3.29. The van der Waals surface area contributed by atoms with Gasteiger partial charge in [0.05, 0.1) is 12.2 Å². The third kappa shape index (κ3) is 5.69. The molecule has 1 saturated heterocycles. The van der Waals surface area contributed by atoms with Gasteiger partial charge in [0.25, 0.3) is 0 Å². The van der Waals surface area contributed by atoms with Crippen molar-refractivity contribution in [3.8, 4) is 5.69 Å². The first-order chi connectivity index (χ1) is 17.2. The number of carbonyl (C=O) groups is 1. The van der Waals surface area contributed by atoms with Gasteiger partial charge in [-0.05, 0) is 42.2 Å². The number of piperazine rings is 1. The van der Waals surface area contributed by atoms with E-state index in [0.29, 0.717) is 6.54 Å². The number of aromatic nitrogens is 3. The highest BCUT2D eigenvalue weighted by Gasteiger charge is 2.22. The summed E-state index contributed by atoms with van der Waals surface area (Å²) in [5, 5.41) is 11.9. The van der Waals surface area contributed by atoms with Gasteiger partial charge >= 0.3 is 0 Å². The quantitative estimate of drug-likeness (QED) is 0.545. The van der Waals surface area contributed by atoms with Crippen LogP contribution >= 0.6 is 0 Å². The summed E-state index contributed by atoms with van der Waals surface area (Å²) < 4.78 is 2.20. The van der Waals surface area contributed by atoms with Gasteiger partial charge < -0.3 is 5.32 Å². The molecule has 1 fully saturated rings. The van der Waals surface area contributed by atoms with Gasteiger partial charge in [-0.1, -0.05) is 49.4 Å². The second-order valence-electron chi connectivity index (χ2n) is 9.40. The van der Waals surface area contributed by atoms with Crippen LogP contribution in [-0.4, -0.2) is 69.7 Å². The van der Waals surface area contributed by atoms with Crippen molar-refractivity contribution in [2.75, 3.05) is 44.6 Å². The number of rotatable bonds is 8. The summed E-state index contributed by atoms with van der Waals surface area (Å²) in [5.41, 5.74) is 4.49. The second kappa shape index (κ2) is 11.0. The summed E-state index contributed by atoms with van der Waals surface area (Å²) >= 11 is 0. The number of hydrogen-bond donors (Lipinski definition) is 1. The molecule has 5 rings (SSSR count). The summed E-state index contributed by atoms with van der Waals surface area (Å²) in [4.78, 5) is 17.4. The highest BCUT2D eigenvalue weighted by Crippen LogP contribution is 2.28. The third-order valence-corrected chi connectivity index (χ3v) is 6.80. The standard InChI is InChI=1S/C28H34N6O/c1-2-7-26-30-31-27-14-11-23-20-24(12-13-25(23)34(26)27)29-28(35)21-33-18-16-32(17-19-33)15-6-10-22-8-4-3-5-9-22/h3-6,8-10,12-13,20H,2,7,11,14-19,21H2,1H3,(H,29,35)/b10-6+. The Hall–Kier alpha value is -3.29. The molecule has 0 bridgehead atoms. The van der Waals surface area contributed by atoms with Crippen LogP contribution in [0.1, 0.15) is 36.1 Å². The Morgan fingerprint density at radius 1 is 1.00 bits per heavy atom. The molecule has 7 heteroatoms. The first kappa shape index (κ1) is 23.5. The normalized spacial score (nSPS) is 16.3. The SMILES string of the molecule is CCCc1nnc2n1-c1ccc(NC(=O)CN3CCN(C/C=C/c4ccccc4)CC3)cc1CC2. The highest BCUT2D eigenvalue weighted by molar-refractivity contribution is 5.92. The van der Waals surface area contributed by atoms with Crippen LogP contribution in [0.15, 0.2) is 54.6 Å². The van der Waals surface area contributed by atoms with E-state index in [9.17, 15) is 4.79 Å². The fraction of sp³-hybridized carbons (Fsp3) is 0.393. The topological polar surface area (TPSA) is 66.3 Å². The molecular weight excluding hydrogens is 436 g/mol. The van der Waals surface area contributed by atoms with E-state index >= 15 is 0 Å². The number of carbonyl (C=O) groups excluding carboxylic acids is 1. The van der Waals surface area contributed by atoms with Gasteiger partial charge in [-0.3, -0.25) is 19.2 Å². The van der Waals surface area contributed by atoms with Crippen molar-refractivity contribution in [2.24, 2.45) is 0 Å². The van der Waals surface area contributed by atoms with Crippen molar-refractivity contribution >= 4 is 17.7 Å². The Balaban J connectivity index is 1.11. The fourth-order valence-electron chi connectivity index (χ4n) is 4.94.